The predicted molar refractivity (Wildman–Crippen MR) is 108 cm³/mol. The van der Waals surface area contributed by atoms with Crippen LogP contribution in [-0.4, -0.2) is 15.5 Å². The predicted octanol–water partition coefficient (Wildman–Crippen LogP) is 5.02. The monoisotopic (exact) mass is 361 g/mol. The van der Waals surface area contributed by atoms with Gasteiger partial charge < -0.3 is 9.88 Å². The fourth-order valence-electron chi connectivity index (χ4n) is 3.12. The van der Waals surface area contributed by atoms with Gasteiger partial charge in [-0.25, -0.2) is 4.98 Å². The summed E-state index contributed by atoms with van der Waals surface area (Å²) in [6.07, 6.45) is 0. The summed E-state index contributed by atoms with van der Waals surface area (Å²) in [5.41, 5.74) is 4.96. The minimum Gasteiger partial charge on any atom is -0.324 e. The van der Waals surface area contributed by atoms with Gasteiger partial charge in [0.25, 0.3) is 0 Å². The first-order valence-corrected chi connectivity index (χ1v) is 9.36. The number of nitrogens with zero attached hydrogens (tertiary/aromatic N) is 2. The summed E-state index contributed by atoms with van der Waals surface area (Å²) in [5.74, 6) is 0.773. The number of hydrogen-bond donors (Lipinski definition) is 1. The number of thiophene rings is 1. The molecule has 5 heteroatoms. The lowest BCUT2D eigenvalue weighted by molar-refractivity contribution is -0.116. The summed E-state index contributed by atoms with van der Waals surface area (Å²) in [7, 11) is 0. The van der Waals surface area contributed by atoms with Gasteiger partial charge in [-0.2, -0.15) is 0 Å². The highest BCUT2D eigenvalue weighted by atomic mass is 32.1. The highest BCUT2D eigenvalue weighted by Gasteiger charge is 2.16. The first kappa shape index (κ1) is 16.5. The van der Waals surface area contributed by atoms with Gasteiger partial charge in [-0.3, -0.25) is 4.79 Å². The first-order valence-electron chi connectivity index (χ1n) is 8.48. The second-order valence-electron chi connectivity index (χ2n) is 6.35. The molecular weight excluding hydrogens is 342 g/mol. The molecular formula is C21H19N3OS. The normalized spacial score (nSPS) is 11.0. The van der Waals surface area contributed by atoms with Crippen molar-refractivity contribution in [3.05, 3.63) is 71.1 Å². The summed E-state index contributed by atoms with van der Waals surface area (Å²) >= 11 is 1.63. The highest BCUT2D eigenvalue weighted by Crippen LogP contribution is 2.28. The van der Waals surface area contributed by atoms with Crippen LogP contribution in [0.25, 0.3) is 21.7 Å². The Morgan fingerprint density at radius 3 is 2.73 bits per heavy atom. The summed E-state index contributed by atoms with van der Waals surface area (Å²) < 4.78 is 1.99. The Bertz CT molecular complexity index is 1080. The Balaban J connectivity index is 1.68. The molecule has 0 aliphatic heterocycles. The van der Waals surface area contributed by atoms with E-state index in [1.165, 1.54) is 5.56 Å². The van der Waals surface area contributed by atoms with Crippen LogP contribution in [0.15, 0.2) is 60.0 Å². The molecule has 0 saturated carbocycles. The van der Waals surface area contributed by atoms with Gasteiger partial charge in [-0.1, -0.05) is 35.9 Å². The summed E-state index contributed by atoms with van der Waals surface area (Å²) in [4.78, 5) is 18.5. The van der Waals surface area contributed by atoms with Gasteiger partial charge in [-0.15, -0.1) is 11.3 Å². The van der Waals surface area contributed by atoms with E-state index in [4.69, 9.17) is 4.98 Å². The molecule has 4 rings (SSSR count). The molecule has 0 atom stereocenters. The molecule has 1 N–H and O–H groups in total. The maximum Gasteiger partial charge on any atom is 0.244 e. The molecule has 26 heavy (non-hydrogen) atoms. The Morgan fingerprint density at radius 2 is 1.96 bits per heavy atom. The molecule has 2 aromatic heterocycles. The molecule has 0 fully saturated rings. The lowest BCUT2D eigenvalue weighted by Crippen LogP contribution is -2.19. The van der Waals surface area contributed by atoms with Crippen LogP contribution in [0.3, 0.4) is 0 Å². The molecule has 0 saturated heterocycles. The van der Waals surface area contributed by atoms with E-state index in [2.05, 4.69) is 11.4 Å². The molecule has 0 aliphatic carbocycles. The van der Waals surface area contributed by atoms with E-state index in [0.717, 1.165) is 33.0 Å². The van der Waals surface area contributed by atoms with Gasteiger partial charge in [0.05, 0.1) is 15.9 Å². The van der Waals surface area contributed by atoms with Gasteiger partial charge in [0, 0.05) is 5.69 Å². The number of fused-ring (bicyclic) bond motifs is 1. The minimum atomic E-state index is -0.0575. The van der Waals surface area contributed by atoms with E-state index in [1.54, 1.807) is 11.3 Å². The van der Waals surface area contributed by atoms with Crippen LogP contribution in [0, 0.1) is 13.8 Å². The SMILES string of the molecule is Cc1ccc(NC(=O)Cn2c(-c3cccs3)nc3ccccc32)c(C)c1. The van der Waals surface area contributed by atoms with Crippen LogP contribution in [-0.2, 0) is 11.3 Å². The van der Waals surface area contributed by atoms with Crippen LogP contribution in [0.2, 0.25) is 0 Å². The zero-order valence-corrected chi connectivity index (χ0v) is 15.5. The largest absolute Gasteiger partial charge is 0.324 e. The molecule has 0 spiro atoms. The number of imidazole rings is 1. The Kier molecular flexibility index (Phi) is 4.31. The second-order valence-corrected chi connectivity index (χ2v) is 7.30. The van der Waals surface area contributed by atoms with Gasteiger partial charge >= 0.3 is 0 Å². The summed E-state index contributed by atoms with van der Waals surface area (Å²) in [6, 6.07) is 18.0. The van der Waals surface area contributed by atoms with Crippen LogP contribution in [0.1, 0.15) is 11.1 Å². The number of aryl methyl sites for hydroxylation is 2. The Morgan fingerprint density at radius 1 is 1.12 bits per heavy atom. The topological polar surface area (TPSA) is 46.9 Å². The van der Waals surface area contributed by atoms with Crippen molar-refractivity contribution >= 4 is 34.0 Å². The van der Waals surface area contributed by atoms with E-state index in [9.17, 15) is 4.79 Å². The molecule has 4 nitrogen and oxygen atoms in total. The zero-order valence-electron chi connectivity index (χ0n) is 14.7. The number of para-hydroxylation sites is 2. The van der Waals surface area contributed by atoms with Crippen molar-refractivity contribution in [2.75, 3.05) is 5.32 Å². The molecule has 1 amide bonds. The summed E-state index contributed by atoms with van der Waals surface area (Å²) in [6.45, 7) is 4.27. The molecule has 0 unspecified atom stereocenters. The zero-order chi connectivity index (χ0) is 18.1. The molecule has 2 aromatic carbocycles. The number of carbonyl (C=O) groups excluding carboxylic acids is 1. The van der Waals surface area contributed by atoms with E-state index < -0.39 is 0 Å². The average Bonchev–Trinajstić information content (AvgIpc) is 3.26. The molecule has 0 bridgehead atoms. The molecule has 130 valence electrons. The number of anilines is 1. The van der Waals surface area contributed by atoms with Crippen LogP contribution >= 0.6 is 11.3 Å². The van der Waals surface area contributed by atoms with Gasteiger partial charge in [0.2, 0.25) is 5.91 Å². The van der Waals surface area contributed by atoms with Crippen LogP contribution in [0.4, 0.5) is 5.69 Å². The standard InChI is InChI=1S/C21H19N3OS/c1-14-9-10-16(15(2)12-14)22-20(25)13-24-18-7-4-3-6-17(18)23-21(24)19-8-5-11-26-19/h3-12H,13H2,1-2H3,(H,22,25). The van der Waals surface area contributed by atoms with Crippen molar-refractivity contribution in [2.24, 2.45) is 0 Å². The number of hydrogen-bond acceptors (Lipinski definition) is 3. The lowest BCUT2D eigenvalue weighted by atomic mass is 10.1. The quantitative estimate of drug-likeness (QED) is 0.555. The van der Waals surface area contributed by atoms with Crippen molar-refractivity contribution in [1.29, 1.82) is 0 Å². The third-order valence-corrected chi connectivity index (χ3v) is 5.22. The van der Waals surface area contributed by atoms with E-state index in [1.807, 2.05) is 72.3 Å². The third-order valence-electron chi connectivity index (χ3n) is 4.35. The smallest absolute Gasteiger partial charge is 0.244 e. The fourth-order valence-corrected chi connectivity index (χ4v) is 3.84. The first-order chi connectivity index (χ1) is 12.6. The van der Waals surface area contributed by atoms with E-state index in [-0.39, 0.29) is 12.5 Å². The van der Waals surface area contributed by atoms with Crippen molar-refractivity contribution in [2.45, 2.75) is 20.4 Å². The Hall–Kier alpha value is -2.92. The fraction of sp³-hybridized carbons (Fsp3) is 0.143. The third kappa shape index (κ3) is 3.13. The number of aromatic nitrogens is 2. The van der Waals surface area contributed by atoms with Crippen molar-refractivity contribution in [1.82, 2.24) is 9.55 Å². The average molecular weight is 361 g/mol. The maximum atomic E-state index is 12.7. The Labute approximate surface area is 156 Å². The minimum absolute atomic E-state index is 0.0575. The van der Waals surface area contributed by atoms with Crippen LogP contribution < -0.4 is 5.32 Å². The van der Waals surface area contributed by atoms with Gasteiger partial charge in [0.15, 0.2) is 5.82 Å². The molecule has 0 aliphatic rings. The number of amides is 1. The van der Waals surface area contributed by atoms with E-state index >= 15 is 0 Å². The van der Waals surface area contributed by atoms with Gasteiger partial charge in [-0.05, 0) is 49.1 Å². The summed E-state index contributed by atoms with van der Waals surface area (Å²) in [5, 5.41) is 5.05. The van der Waals surface area contributed by atoms with Crippen molar-refractivity contribution < 1.29 is 4.79 Å². The van der Waals surface area contributed by atoms with Crippen molar-refractivity contribution in [3.8, 4) is 10.7 Å². The number of carbonyl (C=O) groups is 1. The number of benzene rings is 2. The second kappa shape index (κ2) is 6.77. The van der Waals surface area contributed by atoms with Crippen molar-refractivity contribution in [3.63, 3.8) is 0 Å². The molecule has 2 heterocycles. The highest BCUT2D eigenvalue weighted by molar-refractivity contribution is 7.13. The number of nitrogens with one attached hydrogen (secondary N) is 1. The van der Waals surface area contributed by atoms with Gasteiger partial charge in [0.1, 0.15) is 6.54 Å². The maximum absolute atomic E-state index is 12.7. The van der Waals surface area contributed by atoms with E-state index in [0.29, 0.717) is 0 Å². The van der Waals surface area contributed by atoms with Crippen LogP contribution in [0.5, 0.6) is 0 Å². The molecule has 4 aromatic rings. The lowest BCUT2D eigenvalue weighted by Gasteiger charge is -2.11. The molecule has 0 radical (unpaired) electrons. The number of rotatable bonds is 4.